The van der Waals surface area contributed by atoms with E-state index in [1.165, 1.54) is 16.8 Å². The zero-order chi connectivity index (χ0) is 18.0. The Kier molecular flexibility index (Phi) is 4.87. The van der Waals surface area contributed by atoms with Crippen molar-refractivity contribution in [3.63, 3.8) is 0 Å². The Morgan fingerprint density at radius 1 is 1.20 bits per heavy atom. The van der Waals surface area contributed by atoms with Gasteiger partial charge in [0.05, 0.1) is 15.7 Å². The van der Waals surface area contributed by atoms with Gasteiger partial charge in [0.25, 0.3) is 5.56 Å². The van der Waals surface area contributed by atoms with Crippen molar-refractivity contribution >= 4 is 34.8 Å². The molecule has 25 heavy (non-hydrogen) atoms. The zero-order valence-electron chi connectivity index (χ0n) is 13.1. The molecule has 0 radical (unpaired) electrons. The predicted molar refractivity (Wildman–Crippen MR) is 95.4 cm³/mol. The van der Waals surface area contributed by atoms with Gasteiger partial charge >= 0.3 is 0 Å². The van der Waals surface area contributed by atoms with E-state index in [1.807, 2.05) is 0 Å². The number of amides is 1. The highest BCUT2D eigenvalue weighted by atomic mass is 35.5. The van der Waals surface area contributed by atoms with Crippen LogP contribution in [0.3, 0.4) is 0 Å². The SMILES string of the molecule is CC(C(=O)Nc1cccc(Cl)c1Cl)n1nc(-n2cccn2)ccc1=O. The topological polar surface area (TPSA) is 81.8 Å². The molecule has 2 aromatic heterocycles. The summed E-state index contributed by atoms with van der Waals surface area (Å²) >= 11 is 12.0. The second-order valence-corrected chi connectivity index (χ2v) is 5.98. The van der Waals surface area contributed by atoms with Gasteiger partial charge in [0.2, 0.25) is 5.91 Å². The van der Waals surface area contributed by atoms with Crippen LogP contribution in [-0.2, 0) is 4.79 Å². The molecule has 1 N–H and O–H groups in total. The van der Waals surface area contributed by atoms with Crippen LogP contribution in [0.4, 0.5) is 5.69 Å². The molecule has 2 heterocycles. The molecule has 3 aromatic rings. The minimum Gasteiger partial charge on any atom is -0.323 e. The maximum absolute atomic E-state index is 12.5. The molecule has 0 aliphatic heterocycles. The van der Waals surface area contributed by atoms with Crippen molar-refractivity contribution in [3.05, 3.63) is 69.2 Å². The molecular weight excluding hydrogens is 365 g/mol. The van der Waals surface area contributed by atoms with Gasteiger partial charge in [0.15, 0.2) is 5.82 Å². The Bertz CT molecular complexity index is 969. The molecule has 128 valence electrons. The molecule has 0 saturated carbocycles. The summed E-state index contributed by atoms with van der Waals surface area (Å²) < 4.78 is 2.58. The maximum Gasteiger partial charge on any atom is 0.267 e. The predicted octanol–water partition coefficient (Wildman–Crippen LogP) is 2.94. The molecular formula is C16H13Cl2N5O2. The molecule has 1 unspecified atom stereocenters. The van der Waals surface area contributed by atoms with E-state index in [0.717, 1.165) is 4.68 Å². The lowest BCUT2D eigenvalue weighted by molar-refractivity contribution is -0.119. The number of carbonyl (C=O) groups excluding carboxylic acids is 1. The first kappa shape index (κ1) is 17.2. The highest BCUT2D eigenvalue weighted by Gasteiger charge is 2.19. The second-order valence-electron chi connectivity index (χ2n) is 5.19. The van der Waals surface area contributed by atoms with E-state index >= 15 is 0 Å². The quantitative estimate of drug-likeness (QED) is 0.757. The summed E-state index contributed by atoms with van der Waals surface area (Å²) in [5.41, 5.74) is -0.0435. The molecule has 1 atom stereocenters. The fourth-order valence-electron chi connectivity index (χ4n) is 2.17. The van der Waals surface area contributed by atoms with Crippen molar-refractivity contribution in [1.29, 1.82) is 0 Å². The molecule has 0 saturated heterocycles. The molecule has 0 aliphatic rings. The van der Waals surface area contributed by atoms with Crippen molar-refractivity contribution in [3.8, 4) is 5.82 Å². The maximum atomic E-state index is 12.5. The first-order chi connectivity index (χ1) is 12.0. The van der Waals surface area contributed by atoms with Gasteiger partial charge in [-0.3, -0.25) is 9.59 Å². The van der Waals surface area contributed by atoms with Crippen LogP contribution in [0.25, 0.3) is 5.82 Å². The number of carbonyl (C=O) groups is 1. The Morgan fingerprint density at radius 3 is 2.72 bits per heavy atom. The van der Waals surface area contributed by atoms with Gasteiger partial charge in [0.1, 0.15) is 6.04 Å². The van der Waals surface area contributed by atoms with Crippen LogP contribution in [-0.4, -0.2) is 25.5 Å². The lowest BCUT2D eigenvalue weighted by Gasteiger charge is -2.15. The summed E-state index contributed by atoms with van der Waals surface area (Å²) in [5, 5.41) is 11.5. The van der Waals surface area contributed by atoms with Crippen LogP contribution in [0.1, 0.15) is 13.0 Å². The van der Waals surface area contributed by atoms with Gasteiger partial charge in [-0.05, 0) is 31.2 Å². The Hall–Kier alpha value is -2.64. The van der Waals surface area contributed by atoms with Gasteiger partial charge in [0, 0.05) is 18.5 Å². The summed E-state index contributed by atoms with van der Waals surface area (Å²) in [7, 11) is 0. The molecule has 9 heteroatoms. The van der Waals surface area contributed by atoms with Crippen molar-refractivity contribution in [2.75, 3.05) is 5.32 Å². The van der Waals surface area contributed by atoms with Gasteiger partial charge in [-0.1, -0.05) is 29.3 Å². The van der Waals surface area contributed by atoms with Gasteiger partial charge in [-0.2, -0.15) is 5.10 Å². The standard InChI is InChI=1S/C16H13Cl2N5O2/c1-10(16(25)20-12-5-2-4-11(17)15(12)18)23-14(24)7-6-13(21-23)22-9-3-8-19-22/h2-10H,1H3,(H,20,25). The molecule has 1 amide bonds. The van der Waals surface area contributed by atoms with Crippen LogP contribution < -0.4 is 10.9 Å². The van der Waals surface area contributed by atoms with E-state index in [-0.39, 0.29) is 5.02 Å². The van der Waals surface area contributed by atoms with E-state index in [0.29, 0.717) is 16.5 Å². The minimum absolute atomic E-state index is 0.232. The Morgan fingerprint density at radius 2 is 2.00 bits per heavy atom. The second kappa shape index (κ2) is 7.08. The van der Waals surface area contributed by atoms with Gasteiger partial charge in [-0.15, -0.1) is 5.10 Å². The number of rotatable bonds is 4. The smallest absolute Gasteiger partial charge is 0.267 e. The van der Waals surface area contributed by atoms with E-state index in [1.54, 1.807) is 43.6 Å². The van der Waals surface area contributed by atoms with E-state index in [2.05, 4.69) is 15.5 Å². The Balaban J connectivity index is 1.88. The lowest BCUT2D eigenvalue weighted by atomic mass is 10.2. The number of halogens is 2. The average Bonchev–Trinajstić information content (AvgIpc) is 3.13. The molecule has 1 aromatic carbocycles. The van der Waals surface area contributed by atoms with Crippen LogP contribution in [0, 0.1) is 0 Å². The number of benzene rings is 1. The summed E-state index contributed by atoms with van der Waals surface area (Å²) in [6, 6.07) is 8.63. The van der Waals surface area contributed by atoms with E-state index in [4.69, 9.17) is 23.2 Å². The largest absolute Gasteiger partial charge is 0.323 e. The number of hydrogen-bond acceptors (Lipinski definition) is 4. The van der Waals surface area contributed by atoms with Gasteiger partial charge < -0.3 is 5.32 Å². The zero-order valence-corrected chi connectivity index (χ0v) is 14.6. The van der Waals surface area contributed by atoms with Crippen molar-refractivity contribution in [1.82, 2.24) is 19.6 Å². The number of nitrogens with one attached hydrogen (secondary N) is 1. The first-order valence-electron chi connectivity index (χ1n) is 7.32. The molecule has 7 nitrogen and oxygen atoms in total. The monoisotopic (exact) mass is 377 g/mol. The van der Waals surface area contributed by atoms with Crippen LogP contribution in [0.15, 0.2) is 53.6 Å². The van der Waals surface area contributed by atoms with E-state index < -0.39 is 17.5 Å². The fraction of sp³-hybridized carbons (Fsp3) is 0.125. The highest BCUT2D eigenvalue weighted by Crippen LogP contribution is 2.29. The summed E-state index contributed by atoms with van der Waals surface area (Å²) in [6.07, 6.45) is 3.28. The third kappa shape index (κ3) is 3.57. The molecule has 3 rings (SSSR count). The van der Waals surface area contributed by atoms with Crippen LogP contribution in [0.5, 0.6) is 0 Å². The van der Waals surface area contributed by atoms with Crippen LogP contribution >= 0.6 is 23.2 Å². The van der Waals surface area contributed by atoms with Crippen molar-refractivity contribution in [2.24, 2.45) is 0 Å². The fourth-order valence-corrected chi connectivity index (χ4v) is 2.52. The van der Waals surface area contributed by atoms with Crippen molar-refractivity contribution < 1.29 is 4.79 Å². The third-order valence-corrected chi connectivity index (χ3v) is 4.32. The van der Waals surface area contributed by atoms with Gasteiger partial charge in [-0.25, -0.2) is 9.36 Å². The number of nitrogens with zero attached hydrogens (tertiary/aromatic N) is 4. The molecule has 0 spiro atoms. The Labute approximate surface area is 152 Å². The molecule has 0 fully saturated rings. The minimum atomic E-state index is -0.863. The summed E-state index contributed by atoms with van der Waals surface area (Å²) in [6.45, 7) is 1.56. The average molecular weight is 378 g/mol. The summed E-state index contributed by atoms with van der Waals surface area (Å²) in [5.74, 6) is -0.0265. The lowest BCUT2D eigenvalue weighted by Crippen LogP contribution is -2.33. The number of anilines is 1. The number of hydrogen-bond donors (Lipinski definition) is 1. The normalized spacial score (nSPS) is 12.0. The molecule has 0 aliphatic carbocycles. The van der Waals surface area contributed by atoms with E-state index in [9.17, 15) is 9.59 Å². The van der Waals surface area contributed by atoms with Crippen molar-refractivity contribution in [2.45, 2.75) is 13.0 Å². The van der Waals surface area contributed by atoms with Crippen LogP contribution in [0.2, 0.25) is 10.0 Å². The number of aromatic nitrogens is 4. The highest BCUT2D eigenvalue weighted by molar-refractivity contribution is 6.44. The summed E-state index contributed by atoms with van der Waals surface area (Å²) in [4.78, 5) is 24.6. The first-order valence-corrected chi connectivity index (χ1v) is 8.07. The third-order valence-electron chi connectivity index (χ3n) is 3.51. The molecule has 0 bridgehead atoms.